The molecule has 3 rings (SSSR count). The molecule has 1 N–H and O–H groups in total. The van der Waals surface area contributed by atoms with E-state index in [1.54, 1.807) is 24.3 Å². The minimum Gasteiger partial charge on any atom is -0.465 e. The summed E-state index contributed by atoms with van der Waals surface area (Å²) in [6.45, 7) is 0. The monoisotopic (exact) mass is 371 g/mol. The number of methoxy groups -OCH3 is 1. The van der Waals surface area contributed by atoms with Crippen molar-refractivity contribution in [3.63, 3.8) is 0 Å². The van der Waals surface area contributed by atoms with Gasteiger partial charge < -0.3 is 10.1 Å². The van der Waals surface area contributed by atoms with Crippen molar-refractivity contribution in [3.8, 4) is 0 Å². The van der Waals surface area contributed by atoms with Crippen molar-refractivity contribution in [2.75, 3.05) is 12.4 Å². The van der Waals surface area contributed by atoms with Crippen molar-refractivity contribution in [2.24, 2.45) is 0 Å². The molecule has 0 aromatic heterocycles. The van der Waals surface area contributed by atoms with Crippen LogP contribution < -0.4 is 5.32 Å². The predicted octanol–water partition coefficient (Wildman–Crippen LogP) is 4.97. The highest BCUT2D eigenvalue weighted by molar-refractivity contribution is 6.30. The van der Waals surface area contributed by atoms with Crippen molar-refractivity contribution in [1.29, 1.82) is 0 Å². The second kappa shape index (κ2) is 7.92. The Balaban J connectivity index is 1.85. The third kappa shape index (κ3) is 3.75. The molecule has 5 heteroatoms. The van der Waals surface area contributed by atoms with E-state index in [1.165, 1.54) is 7.11 Å². The molecular weight excluding hydrogens is 350 g/mol. The van der Waals surface area contributed by atoms with E-state index in [9.17, 15) is 9.59 Å². The number of ether oxygens (including phenoxy) is 1. The number of esters is 1. The van der Waals surface area contributed by atoms with Crippen LogP contribution >= 0.6 is 11.6 Å². The fourth-order valence-corrected chi connectivity index (χ4v) is 3.84. The molecule has 0 unspecified atom stereocenters. The Bertz CT molecular complexity index is 795. The lowest BCUT2D eigenvalue weighted by molar-refractivity contribution is -0.122. The maximum atomic E-state index is 13.2. The molecule has 0 atom stereocenters. The maximum Gasteiger partial charge on any atom is 0.337 e. The van der Waals surface area contributed by atoms with Gasteiger partial charge in [-0.25, -0.2) is 4.79 Å². The zero-order valence-corrected chi connectivity index (χ0v) is 15.5. The van der Waals surface area contributed by atoms with Gasteiger partial charge in [0.25, 0.3) is 0 Å². The Kier molecular flexibility index (Phi) is 5.62. The number of hydrogen-bond acceptors (Lipinski definition) is 3. The minimum absolute atomic E-state index is 0.0229. The van der Waals surface area contributed by atoms with E-state index in [2.05, 4.69) is 5.32 Å². The van der Waals surface area contributed by atoms with Crippen LogP contribution in [-0.4, -0.2) is 19.0 Å². The van der Waals surface area contributed by atoms with Crippen molar-refractivity contribution in [2.45, 2.75) is 37.5 Å². The highest BCUT2D eigenvalue weighted by Crippen LogP contribution is 2.41. The SMILES string of the molecule is COC(=O)c1ccc(NC(=O)C2(c3cccc(Cl)c3)CCCCC2)cc1. The molecular formula is C21H22ClNO3. The molecule has 0 radical (unpaired) electrons. The van der Waals surface area contributed by atoms with Gasteiger partial charge in [-0.05, 0) is 54.8 Å². The first-order chi connectivity index (χ1) is 12.5. The van der Waals surface area contributed by atoms with Gasteiger partial charge >= 0.3 is 5.97 Å². The number of carbonyl (C=O) groups excluding carboxylic acids is 2. The lowest BCUT2D eigenvalue weighted by atomic mass is 9.68. The van der Waals surface area contributed by atoms with Crippen LogP contribution in [0, 0.1) is 0 Å². The second-order valence-electron chi connectivity index (χ2n) is 6.68. The molecule has 2 aromatic rings. The summed E-state index contributed by atoms with van der Waals surface area (Å²) in [4.78, 5) is 24.8. The Hall–Kier alpha value is -2.33. The summed E-state index contributed by atoms with van der Waals surface area (Å²) >= 11 is 6.18. The average molecular weight is 372 g/mol. The lowest BCUT2D eigenvalue weighted by Gasteiger charge is -2.36. The molecule has 0 aliphatic heterocycles. The first kappa shape index (κ1) is 18.5. The molecule has 1 aliphatic carbocycles. The summed E-state index contributed by atoms with van der Waals surface area (Å²) in [6, 6.07) is 14.3. The summed E-state index contributed by atoms with van der Waals surface area (Å²) in [5.41, 5.74) is 1.51. The number of halogens is 1. The first-order valence-corrected chi connectivity index (χ1v) is 9.19. The van der Waals surface area contributed by atoms with E-state index in [1.807, 2.05) is 24.3 Å². The van der Waals surface area contributed by atoms with Crippen molar-refractivity contribution in [3.05, 3.63) is 64.7 Å². The van der Waals surface area contributed by atoms with Crippen LogP contribution in [0.2, 0.25) is 5.02 Å². The van der Waals surface area contributed by atoms with E-state index in [0.29, 0.717) is 16.3 Å². The summed E-state index contributed by atoms with van der Waals surface area (Å²) in [6.07, 6.45) is 4.78. The number of amides is 1. The molecule has 1 saturated carbocycles. The predicted molar refractivity (Wildman–Crippen MR) is 103 cm³/mol. The number of hydrogen-bond donors (Lipinski definition) is 1. The zero-order chi connectivity index (χ0) is 18.6. The Morgan fingerprint density at radius 1 is 1.04 bits per heavy atom. The van der Waals surface area contributed by atoms with Gasteiger partial charge in [0, 0.05) is 10.7 Å². The molecule has 0 spiro atoms. The van der Waals surface area contributed by atoms with Gasteiger partial charge in [-0.15, -0.1) is 0 Å². The lowest BCUT2D eigenvalue weighted by Crippen LogP contribution is -2.42. The number of anilines is 1. The van der Waals surface area contributed by atoms with Crippen LogP contribution in [0.4, 0.5) is 5.69 Å². The Morgan fingerprint density at radius 3 is 2.35 bits per heavy atom. The summed E-state index contributed by atoms with van der Waals surface area (Å²) in [5, 5.41) is 3.66. The Labute approximate surface area is 158 Å². The van der Waals surface area contributed by atoms with E-state index >= 15 is 0 Å². The van der Waals surface area contributed by atoms with E-state index in [0.717, 1.165) is 37.7 Å². The number of rotatable bonds is 4. The molecule has 4 nitrogen and oxygen atoms in total. The minimum atomic E-state index is -0.565. The second-order valence-corrected chi connectivity index (χ2v) is 7.11. The van der Waals surface area contributed by atoms with Gasteiger partial charge in [0.05, 0.1) is 18.1 Å². The number of benzene rings is 2. The normalized spacial score (nSPS) is 15.9. The molecule has 26 heavy (non-hydrogen) atoms. The van der Waals surface area contributed by atoms with Gasteiger partial charge in [-0.1, -0.05) is 43.0 Å². The fourth-order valence-electron chi connectivity index (χ4n) is 3.65. The van der Waals surface area contributed by atoms with Crippen molar-refractivity contribution < 1.29 is 14.3 Å². The van der Waals surface area contributed by atoms with Crippen LogP contribution in [-0.2, 0) is 14.9 Å². The summed E-state index contributed by atoms with van der Waals surface area (Å²) < 4.78 is 4.70. The van der Waals surface area contributed by atoms with E-state index < -0.39 is 11.4 Å². The van der Waals surface area contributed by atoms with Crippen LogP contribution in [0.5, 0.6) is 0 Å². The maximum absolute atomic E-state index is 13.2. The van der Waals surface area contributed by atoms with Crippen molar-refractivity contribution >= 4 is 29.2 Å². The van der Waals surface area contributed by atoms with E-state index in [4.69, 9.17) is 16.3 Å². The van der Waals surface area contributed by atoms with Crippen LogP contribution in [0.25, 0.3) is 0 Å². The average Bonchev–Trinajstić information content (AvgIpc) is 2.68. The third-order valence-corrected chi connectivity index (χ3v) is 5.32. The molecule has 1 aliphatic rings. The van der Waals surface area contributed by atoms with Crippen LogP contribution in [0.3, 0.4) is 0 Å². The smallest absolute Gasteiger partial charge is 0.337 e. The number of carbonyl (C=O) groups is 2. The topological polar surface area (TPSA) is 55.4 Å². The van der Waals surface area contributed by atoms with E-state index in [-0.39, 0.29) is 5.91 Å². The molecule has 1 fully saturated rings. The van der Waals surface area contributed by atoms with Gasteiger partial charge in [0.2, 0.25) is 5.91 Å². The zero-order valence-electron chi connectivity index (χ0n) is 14.8. The summed E-state index contributed by atoms with van der Waals surface area (Å²) in [5.74, 6) is -0.421. The molecule has 0 heterocycles. The van der Waals surface area contributed by atoms with Gasteiger partial charge in [-0.3, -0.25) is 4.79 Å². The van der Waals surface area contributed by atoms with Crippen molar-refractivity contribution in [1.82, 2.24) is 0 Å². The molecule has 2 aromatic carbocycles. The largest absolute Gasteiger partial charge is 0.465 e. The van der Waals surface area contributed by atoms with Gasteiger partial charge in [0.15, 0.2) is 0 Å². The molecule has 0 bridgehead atoms. The van der Waals surface area contributed by atoms with Crippen LogP contribution in [0.15, 0.2) is 48.5 Å². The molecule has 1 amide bonds. The standard InChI is InChI=1S/C21H22ClNO3/c1-26-19(24)15-8-10-18(11-9-15)23-20(25)21(12-3-2-4-13-21)16-6-5-7-17(22)14-16/h5-11,14H,2-4,12-13H2,1H3,(H,23,25). The van der Waals surface area contributed by atoms with Gasteiger partial charge in [0.1, 0.15) is 0 Å². The number of nitrogens with one attached hydrogen (secondary N) is 1. The molecule has 136 valence electrons. The fraction of sp³-hybridized carbons (Fsp3) is 0.333. The Morgan fingerprint density at radius 2 is 1.73 bits per heavy atom. The van der Waals surface area contributed by atoms with Gasteiger partial charge in [-0.2, -0.15) is 0 Å². The highest BCUT2D eigenvalue weighted by Gasteiger charge is 2.41. The summed E-state index contributed by atoms with van der Waals surface area (Å²) in [7, 11) is 1.34. The third-order valence-electron chi connectivity index (χ3n) is 5.08. The molecule has 0 saturated heterocycles. The highest BCUT2D eigenvalue weighted by atomic mass is 35.5. The first-order valence-electron chi connectivity index (χ1n) is 8.81. The quantitative estimate of drug-likeness (QED) is 0.772. The van der Waals surface area contributed by atoms with Crippen LogP contribution in [0.1, 0.15) is 48.0 Å².